The summed E-state index contributed by atoms with van der Waals surface area (Å²) < 4.78 is 80.2. The first-order chi connectivity index (χ1) is 12.5. The molecule has 0 bridgehead atoms. The van der Waals surface area contributed by atoms with Crippen LogP contribution >= 0.6 is 0 Å². The summed E-state index contributed by atoms with van der Waals surface area (Å²) in [5.41, 5.74) is 0.801. The lowest BCUT2D eigenvalue weighted by atomic mass is 10.2. The minimum Gasteiger partial charge on any atom is -0.440 e. The third kappa shape index (κ3) is 5.86. The fourth-order valence-corrected chi connectivity index (χ4v) is 1.88. The molecular weight excluding hydrogens is 380 g/mol. The van der Waals surface area contributed by atoms with E-state index in [1.807, 2.05) is 0 Å². The summed E-state index contributed by atoms with van der Waals surface area (Å²) in [5, 5.41) is 2.72. The van der Waals surface area contributed by atoms with Gasteiger partial charge in [0.2, 0.25) is 11.9 Å². The van der Waals surface area contributed by atoms with Crippen molar-refractivity contribution in [2.75, 3.05) is 24.3 Å². The number of benzene rings is 1. The lowest BCUT2D eigenvalue weighted by molar-refractivity contribution is -0.301. The van der Waals surface area contributed by atoms with Crippen molar-refractivity contribution in [1.82, 2.24) is 15.0 Å². The van der Waals surface area contributed by atoms with E-state index in [0.717, 1.165) is 5.56 Å². The summed E-state index contributed by atoms with van der Waals surface area (Å²) in [5.74, 6) is -0.394. The van der Waals surface area contributed by atoms with Crippen LogP contribution in [0.25, 0.3) is 0 Å². The van der Waals surface area contributed by atoms with Crippen LogP contribution in [-0.4, -0.2) is 47.5 Å². The first kappa shape index (κ1) is 20.5. The molecule has 1 aromatic carbocycles. The fraction of sp³-hybridized carbons (Fsp3) is 0.400. The van der Waals surface area contributed by atoms with Gasteiger partial charge in [0.25, 0.3) is 6.10 Å². The molecule has 1 N–H and O–H groups in total. The van der Waals surface area contributed by atoms with Gasteiger partial charge in [-0.25, -0.2) is 0 Å². The number of hydrogen-bond donors (Lipinski definition) is 1. The lowest BCUT2D eigenvalue weighted by Crippen LogP contribution is -2.47. The summed E-state index contributed by atoms with van der Waals surface area (Å²) in [6, 6.07) is 7.76. The van der Waals surface area contributed by atoms with Gasteiger partial charge in [0, 0.05) is 20.6 Å². The Hall–Kier alpha value is -2.79. The smallest absolute Gasteiger partial charge is 0.434 e. The Morgan fingerprint density at radius 3 is 2.07 bits per heavy atom. The Bertz CT molecular complexity index is 737. The summed E-state index contributed by atoms with van der Waals surface area (Å²) in [6.07, 6.45) is -15.4. The molecule has 0 unspecified atom stereocenters. The molecule has 0 aliphatic carbocycles. The number of nitrogens with one attached hydrogen (secondary N) is 1. The van der Waals surface area contributed by atoms with Crippen molar-refractivity contribution in [1.29, 1.82) is 0 Å². The highest BCUT2D eigenvalue weighted by atomic mass is 19.4. The van der Waals surface area contributed by atoms with Gasteiger partial charge in [0.05, 0.1) is 0 Å². The second kappa shape index (κ2) is 7.84. The average molecular weight is 395 g/mol. The van der Waals surface area contributed by atoms with Crippen LogP contribution in [-0.2, 0) is 6.54 Å². The summed E-state index contributed by atoms with van der Waals surface area (Å²) in [6.45, 7) is 0.194. The molecule has 2 aromatic rings. The van der Waals surface area contributed by atoms with Crippen molar-refractivity contribution in [3.8, 4) is 6.01 Å². The van der Waals surface area contributed by atoms with Crippen molar-refractivity contribution in [2.45, 2.75) is 25.0 Å². The molecule has 0 fully saturated rings. The van der Waals surface area contributed by atoms with E-state index in [-0.39, 0.29) is 18.4 Å². The van der Waals surface area contributed by atoms with Crippen LogP contribution in [0.1, 0.15) is 5.56 Å². The highest BCUT2D eigenvalue weighted by Gasteiger charge is 2.59. The van der Waals surface area contributed by atoms with Gasteiger partial charge in [-0.2, -0.15) is 41.3 Å². The zero-order chi connectivity index (χ0) is 20.2. The van der Waals surface area contributed by atoms with Crippen LogP contribution in [0, 0.1) is 0 Å². The van der Waals surface area contributed by atoms with Crippen molar-refractivity contribution in [3.05, 3.63) is 35.9 Å². The maximum atomic E-state index is 12.7. The molecule has 0 radical (unpaired) electrons. The monoisotopic (exact) mass is 395 g/mol. The maximum absolute atomic E-state index is 12.7. The van der Waals surface area contributed by atoms with E-state index < -0.39 is 24.5 Å². The molecule has 148 valence electrons. The Morgan fingerprint density at radius 1 is 0.963 bits per heavy atom. The molecule has 2 rings (SSSR count). The first-order valence-electron chi connectivity index (χ1n) is 7.48. The van der Waals surface area contributed by atoms with Gasteiger partial charge in [0.1, 0.15) is 0 Å². The zero-order valence-electron chi connectivity index (χ0n) is 14.1. The first-order valence-corrected chi connectivity index (χ1v) is 7.48. The van der Waals surface area contributed by atoms with Crippen LogP contribution < -0.4 is 15.0 Å². The predicted molar refractivity (Wildman–Crippen MR) is 84.4 cm³/mol. The zero-order valence-corrected chi connectivity index (χ0v) is 14.1. The van der Waals surface area contributed by atoms with E-state index in [0.29, 0.717) is 0 Å². The van der Waals surface area contributed by atoms with Gasteiger partial charge in [-0.05, 0) is 5.56 Å². The van der Waals surface area contributed by atoms with E-state index in [1.165, 1.54) is 19.0 Å². The fourth-order valence-electron chi connectivity index (χ4n) is 1.88. The number of halogens is 6. The molecule has 0 aliphatic heterocycles. The molecule has 1 heterocycles. The van der Waals surface area contributed by atoms with Crippen LogP contribution in [0.3, 0.4) is 0 Å². The van der Waals surface area contributed by atoms with Crippen molar-refractivity contribution >= 4 is 11.9 Å². The number of anilines is 2. The number of hydrogen-bond acceptors (Lipinski definition) is 6. The molecule has 12 heteroatoms. The third-order valence-electron chi connectivity index (χ3n) is 3.11. The summed E-state index contributed by atoms with van der Waals surface area (Å²) in [4.78, 5) is 12.2. The number of alkyl halides is 6. The van der Waals surface area contributed by atoms with E-state index >= 15 is 0 Å². The second-order valence-electron chi connectivity index (χ2n) is 5.56. The van der Waals surface area contributed by atoms with Gasteiger partial charge >= 0.3 is 18.4 Å². The van der Waals surface area contributed by atoms with Gasteiger partial charge in [-0.1, -0.05) is 30.3 Å². The van der Waals surface area contributed by atoms with E-state index in [2.05, 4.69) is 25.0 Å². The largest absolute Gasteiger partial charge is 0.440 e. The third-order valence-corrected chi connectivity index (χ3v) is 3.11. The molecule has 0 spiro atoms. The molecule has 0 atom stereocenters. The quantitative estimate of drug-likeness (QED) is 0.757. The van der Waals surface area contributed by atoms with Crippen LogP contribution in [0.15, 0.2) is 30.3 Å². The minimum atomic E-state index is -5.68. The topological polar surface area (TPSA) is 63.2 Å². The van der Waals surface area contributed by atoms with E-state index in [4.69, 9.17) is 0 Å². The van der Waals surface area contributed by atoms with Crippen molar-refractivity contribution < 1.29 is 31.1 Å². The van der Waals surface area contributed by atoms with Crippen molar-refractivity contribution in [3.63, 3.8) is 0 Å². The van der Waals surface area contributed by atoms with Crippen LogP contribution in [0.4, 0.5) is 38.2 Å². The number of rotatable bonds is 6. The molecule has 0 saturated heterocycles. The number of ether oxygens (including phenoxy) is 1. The molecule has 27 heavy (non-hydrogen) atoms. The highest BCUT2D eigenvalue weighted by molar-refractivity contribution is 5.37. The molecule has 0 saturated carbocycles. The Labute approximate surface area is 150 Å². The molecule has 0 amide bonds. The van der Waals surface area contributed by atoms with Gasteiger partial charge in [-0.15, -0.1) is 0 Å². The van der Waals surface area contributed by atoms with Gasteiger partial charge in [-0.3, -0.25) is 0 Å². The molecule has 1 aromatic heterocycles. The number of aromatic nitrogens is 3. The van der Waals surface area contributed by atoms with Crippen LogP contribution in [0.5, 0.6) is 6.01 Å². The van der Waals surface area contributed by atoms with Crippen LogP contribution in [0.2, 0.25) is 0 Å². The molecule has 0 aliphatic rings. The summed E-state index contributed by atoms with van der Waals surface area (Å²) >= 11 is 0. The van der Waals surface area contributed by atoms with E-state index in [1.54, 1.807) is 30.3 Å². The molecule has 6 nitrogen and oxygen atoms in total. The Kier molecular flexibility index (Phi) is 5.96. The van der Waals surface area contributed by atoms with Gasteiger partial charge < -0.3 is 15.0 Å². The average Bonchev–Trinajstić information content (AvgIpc) is 2.56. The normalized spacial score (nSPS) is 12.2. The van der Waals surface area contributed by atoms with Crippen molar-refractivity contribution in [2.24, 2.45) is 0 Å². The number of nitrogens with zero attached hydrogens (tertiary/aromatic N) is 4. The van der Waals surface area contributed by atoms with Gasteiger partial charge in [0.15, 0.2) is 0 Å². The molecular formula is C15H15F6N5O. The maximum Gasteiger partial charge on any atom is 0.434 e. The lowest BCUT2D eigenvalue weighted by Gasteiger charge is -2.23. The second-order valence-corrected chi connectivity index (χ2v) is 5.56. The predicted octanol–water partition coefficient (Wildman–Crippen LogP) is 3.42. The Balaban J connectivity index is 2.28. The van der Waals surface area contributed by atoms with E-state index in [9.17, 15) is 26.3 Å². The minimum absolute atomic E-state index is 0.168. The standard InChI is InChI=1S/C15H15F6N5O/c1-26(2)12-23-11(22-8-9-6-4-3-5-7-9)24-13(25-12)27-10(14(16,17)18)15(19,20)21/h3-7,10H,8H2,1-2H3,(H,22,23,24,25). The Morgan fingerprint density at radius 2 is 1.56 bits per heavy atom. The summed E-state index contributed by atoms with van der Waals surface area (Å²) in [7, 11) is 2.93. The SMILES string of the molecule is CN(C)c1nc(NCc2ccccc2)nc(OC(C(F)(F)F)C(F)(F)F)n1. The highest BCUT2D eigenvalue weighted by Crippen LogP contribution is 2.36.